The van der Waals surface area contributed by atoms with Crippen molar-refractivity contribution in [3.8, 4) is 11.3 Å². The van der Waals surface area contributed by atoms with Crippen molar-refractivity contribution in [3.63, 3.8) is 0 Å². The lowest BCUT2D eigenvalue weighted by molar-refractivity contribution is 0.00578. The number of nitrogen functional groups attached to an aromatic ring is 2. The van der Waals surface area contributed by atoms with Crippen molar-refractivity contribution in [1.82, 2.24) is 19.6 Å². The third kappa shape index (κ3) is 8.64. The standard InChI is InChI=1S/C13H18N3OP.C11H19BN2O2.C8H11BrNOP/c1-9-8-15-16(2)13(9)10-5-6-11(14)12(7-10)18(3,4)17;1-8-7-13-14(6)9(8)12-15-10(2,3)11(4,5)16-12;1-12(2,11)8-5-6(9)3-4-7(8)10/h5-8H,14H2,1-4H3;7H,1-6H3;3-5H,10H2,1-2H3. The molecule has 14 heteroatoms. The Labute approximate surface area is 282 Å². The van der Waals surface area contributed by atoms with Crippen molar-refractivity contribution in [2.75, 3.05) is 38.1 Å². The van der Waals surface area contributed by atoms with E-state index in [4.69, 9.17) is 20.8 Å². The summed E-state index contributed by atoms with van der Waals surface area (Å²) in [6.45, 7) is 19.1. The van der Waals surface area contributed by atoms with Gasteiger partial charge in [-0.3, -0.25) is 9.36 Å². The monoisotopic (exact) mass is 732 g/mol. The summed E-state index contributed by atoms with van der Waals surface area (Å²) in [5.41, 5.74) is 17.4. The van der Waals surface area contributed by atoms with Crippen LogP contribution in [0.1, 0.15) is 38.8 Å². The Balaban J connectivity index is 0.000000192. The largest absolute Gasteiger partial charge is 0.514 e. The second-order valence-electron chi connectivity index (χ2n) is 13.4. The van der Waals surface area contributed by atoms with Gasteiger partial charge in [0.2, 0.25) is 0 Å². The van der Waals surface area contributed by atoms with E-state index in [0.29, 0.717) is 11.4 Å². The molecular weight excluding hydrogens is 685 g/mol. The minimum Gasteiger partial charge on any atom is -0.398 e. The predicted molar refractivity (Wildman–Crippen MR) is 198 cm³/mol. The SMILES string of the molecule is CP(C)(=O)c1cc(Br)ccc1N.Cc1cnn(C)c1-c1ccc(N)c(P(C)(C)=O)c1.Cc1cnn(C)c1B1OC(C)(C)C(C)(C)O1. The lowest BCUT2D eigenvalue weighted by atomic mass is 9.82. The second kappa shape index (κ2) is 13.9. The first-order valence-corrected chi connectivity index (χ1v) is 20.8. The number of nitrogens with two attached hydrogens (primary N) is 2. The van der Waals surface area contributed by atoms with E-state index in [2.05, 4.69) is 53.8 Å². The number of hydrogen-bond donors (Lipinski definition) is 2. The molecule has 1 fully saturated rings. The molecule has 250 valence electrons. The molecular formula is C32H48BBrN6O4P2. The van der Waals surface area contributed by atoms with Gasteiger partial charge in [-0.15, -0.1) is 0 Å². The van der Waals surface area contributed by atoms with Crippen molar-refractivity contribution in [1.29, 1.82) is 0 Å². The number of halogens is 1. The van der Waals surface area contributed by atoms with Gasteiger partial charge in [-0.1, -0.05) is 22.0 Å². The molecule has 4 N–H and O–H groups in total. The topological polar surface area (TPSA) is 140 Å². The minimum atomic E-state index is -2.37. The highest BCUT2D eigenvalue weighted by atomic mass is 79.9. The quantitative estimate of drug-likeness (QED) is 0.159. The first kappa shape index (κ1) is 37.8. The van der Waals surface area contributed by atoms with Gasteiger partial charge in [0.1, 0.15) is 14.3 Å². The summed E-state index contributed by atoms with van der Waals surface area (Å²) in [7, 11) is -1.12. The minimum absolute atomic E-state index is 0.297. The van der Waals surface area contributed by atoms with Crippen LogP contribution < -0.4 is 27.7 Å². The summed E-state index contributed by atoms with van der Waals surface area (Å²) in [5, 5.41) is 9.92. The fraction of sp³-hybridized carbons (Fsp3) is 0.438. The molecule has 1 aliphatic rings. The molecule has 0 radical (unpaired) electrons. The number of nitrogens with zero attached hydrogens (tertiary/aromatic N) is 4. The summed E-state index contributed by atoms with van der Waals surface area (Å²) in [6.07, 6.45) is 3.66. The highest BCUT2D eigenvalue weighted by molar-refractivity contribution is 9.10. The summed E-state index contributed by atoms with van der Waals surface area (Å²) in [6, 6.07) is 11.1. The normalized spacial score (nSPS) is 15.5. The van der Waals surface area contributed by atoms with Crippen LogP contribution in [0.4, 0.5) is 11.4 Å². The van der Waals surface area contributed by atoms with Gasteiger partial charge >= 0.3 is 7.12 Å². The predicted octanol–water partition coefficient (Wildman–Crippen LogP) is 5.53. The maximum atomic E-state index is 12.2. The molecule has 0 aliphatic carbocycles. The Hall–Kier alpha value is -2.62. The fourth-order valence-corrected chi connectivity index (χ4v) is 7.78. The van der Waals surface area contributed by atoms with E-state index in [0.717, 1.165) is 43.1 Å². The van der Waals surface area contributed by atoms with Crippen LogP contribution in [-0.2, 0) is 32.5 Å². The molecule has 1 saturated heterocycles. The van der Waals surface area contributed by atoms with E-state index in [9.17, 15) is 9.13 Å². The number of aromatic nitrogens is 4. The Morgan fingerprint density at radius 2 is 1.22 bits per heavy atom. The third-order valence-corrected chi connectivity index (χ3v) is 11.8. The lowest BCUT2D eigenvalue weighted by Crippen LogP contribution is -2.41. The Kier molecular flexibility index (Phi) is 11.4. The average Bonchev–Trinajstić information content (AvgIpc) is 3.50. The Morgan fingerprint density at radius 1 is 0.761 bits per heavy atom. The summed E-state index contributed by atoms with van der Waals surface area (Å²) in [4.78, 5) is 0. The van der Waals surface area contributed by atoms with Crippen molar-refractivity contribution in [3.05, 3.63) is 64.4 Å². The van der Waals surface area contributed by atoms with Gasteiger partial charge in [-0.25, -0.2) is 0 Å². The first-order chi connectivity index (χ1) is 21.0. The van der Waals surface area contributed by atoms with E-state index in [1.807, 2.05) is 80.0 Å². The number of hydrogen-bond acceptors (Lipinski definition) is 8. The van der Waals surface area contributed by atoms with Gasteiger partial charge < -0.3 is 29.9 Å². The molecule has 2 aromatic heterocycles. The van der Waals surface area contributed by atoms with Crippen LogP contribution in [-0.4, -0.2) is 64.5 Å². The van der Waals surface area contributed by atoms with Crippen molar-refractivity contribution in [2.24, 2.45) is 14.1 Å². The molecule has 0 spiro atoms. The number of rotatable bonds is 4. The van der Waals surface area contributed by atoms with Gasteiger partial charge in [0.25, 0.3) is 0 Å². The number of aryl methyl sites for hydroxylation is 4. The van der Waals surface area contributed by atoms with Gasteiger partial charge in [0.15, 0.2) is 0 Å². The Bertz CT molecular complexity index is 1750. The second-order valence-corrected chi connectivity index (χ2v) is 20.7. The van der Waals surface area contributed by atoms with Crippen LogP contribution in [0, 0.1) is 13.8 Å². The highest BCUT2D eigenvalue weighted by Gasteiger charge is 2.53. The van der Waals surface area contributed by atoms with E-state index in [1.54, 1.807) is 32.7 Å². The van der Waals surface area contributed by atoms with Crippen molar-refractivity contribution < 1.29 is 18.4 Å². The fourth-order valence-electron chi connectivity index (χ4n) is 4.95. The summed E-state index contributed by atoms with van der Waals surface area (Å²) < 4.78 is 40.4. The smallest absolute Gasteiger partial charge is 0.398 e. The zero-order chi connectivity index (χ0) is 35.0. The zero-order valence-corrected chi connectivity index (χ0v) is 32.4. The van der Waals surface area contributed by atoms with E-state index in [-0.39, 0.29) is 18.3 Å². The van der Waals surface area contributed by atoms with Gasteiger partial charge in [0, 0.05) is 46.1 Å². The average molecular weight is 733 g/mol. The summed E-state index contributed by atoms with van der Waals surface area (Å²) >= 11 is 3.31. The Morgan fingerprint density at radius 3 is 1.63 bits per heavy atom. The number of anilines is 2. The van der Waals surface area contributed by atoms with Crippen molar-refractivity contribution in [2.45, 2.75) is 52.7 Å². The first-order valence-electron chi connectivity index (χ1n) is 14.8. The van der Waals surface area contributed by atoms with Crippen molar-refractivity contribution >= 4 is 64.9 Å². The molecule has 46 heavy (non-hydrogen) atoms. The molecule has 4 aromatic rings. The molecule has 10 nitrogen and oxygen atoms in total. The van der Waals surface area contributed by atoms with E-state index in [1.165, 1.54) is 0 Å². The molecule has 0 bridgehead atoms. The lowest BCUT2D eigenvalue weighted by Gasteiger charge is -2.32. The van der Waals surface area contributed by atoms with E-state index >= 15 is 0 Å². The molecule has 0 atom stereocenters. The van der Waals surface area contributed by atoms with Gasteiger partial charge in [0.05, 0.1) is 34.9 Å². The van der Waals surface area contributed by atoms with Gasteiger partial charge in [-0.2, -0.15) is 10.2 Å². The van der Waals surface area contributed by atoms with Crippen LogP contribution >= 0.6 is 30.2 Å². The molecule has 1 aliphatic heterocycles. The molecule has 2 aromatic carbocycles. The highest BCUT2D eigenvalue weighted by Crippen LogP contribution is 2.39. The maximum Gasteiger partial charge on any atom is 0.514 e. The third-order valence-electron chi connectivity index (χ3n) is 8.23. The molecule has 0 amide bonds. The van der Waals surface area contributed by atoms with Crippen LogP contribution in [0.15, 0.2) is 53.3 Å². The van der Waals surface area contributed by atoms with Gasteiger partial charge in [-0.05, 0) is 110 Å². The van der Waals surface area contributed by atoms with Crippen LogP contribution in [0.25, 0.3) is 11.3 Å². The number of benzene rings is 2. The van der Waals surface area contributed by atoms with Crippen LogP contribution in [0.2, 0.25) is 0 Å². The van der Waals surface area contributed by atoms with Crippen LogP contribution in [0.3, 0.4) is 0 Å². The van der Waals surface area contributed by atoms with E-state index < -0.39 is 14.3 Å². The maximum absolute atomic E-state index is 12.2. The zero-order valence-electron chi connectivity index (χ0n) is 29.0. The molecule has 0 unspecified atom stereocenters. The van der Waals surface area contributed by atoms with Crippen LogP contribution in [0.5, 0.6) is 0 Å². The summed E-state index contributed by atoms with van der Waals surface area (Å²) in [5.74, 6) is 0. The molecule has 3 heterocycles. The molecule has 5 rings (SSSR count). The molecule has 0 saturated carbocycles.